The Morgan fingerprint density at radius 2 is 1.81 bits per heavy atom. The molecule has 1 heterocycles. The monoisotopic (exact) mass is 382 g/mol. The minimum Gasteiger partial charge on any atom is -0.323 e. The van der Waals surface area contributed by atoms with E-state index in [4.69, 9.17) is 5.14 Å². The van der Waals surface area contributed by atoms with Crippen LogP contribution in [0.15, 0.2) is 78.0 Å². The number of primary sulfonamides is 1. The van der Waals surface area contributed by atoms with Crippen molar-refractivity contribution in [1.29, 1.82) is 0 Å². The molecule has 138 valence electrons. The average Bonchev–Trinajstić information content (AvgIpc) is 3.08. The summed E-state index contributed by atoms with van der Waals surface area (Å²) >= 11 is 0. The maximum atomic E-state index is 12.0. The van der Waals surface area contributed by atoms with Gasteiger partial charge in [0.25, 0.3) is 0 Å². The molecule has 0 saturated carbocycles. The van der Waals surface area contributed by atoms with Crippen molar-refractivity contribution in [2.24, 2.45) is 5.14 Å². The maximum Gasteiger partial charge on any atom is 0.248 e. The Balaban J connectivity index is 1.58. The van der Waals surface area contributed by atoms with Crippen molar-refractivity contribution < 1.29 is 13.2 Å². The van der Waals surface area contributed by atoms with Gasteiger partial charge >= 0.3 is 0 Å². The Morgan fingerprint density at radius 1 is 1.11 bits per heavy atom. The van der Waals surface area contributed by atoms with Gasteiger partial charge in [-0.05, 0) is 35.9 Å². The highest BCUT2D eigenvalue weighted by atomic mass is 32.2. The summed E-state index contributed by atoms with van der Waals surface area (Å²) < 4.78 is 24.2. The number of amides is 1. The van der Waals surface area contributed by atoms with Crippen LogP contribution < -0.4 is 10.5 Å². The first-order chi connectivity index (χ1) is 12.9. The second-order valence-electron chi connectivity index (χ2n) is 5.85. The molecule has 3 N–H and O–H groups in total. The number of benzene rings is 2. The van der Waals surface area contributed by atoms with Crippen molar-refractivity contribution in [2.75, 3.05) is 5.32 Å². The normalized spacial score (nSPS) is 11.6. The molecule has 0 saturated heterocycles. The Labute approximate surface area is 157 Å². The molecule has 0 radical (unpaired) electrons. The molecule has 0 fully saturated rings. The topological polar surface area (TPSA) is 107 Å². The molecule has 0 bridgehead atoms. The zero-order valence-electron chi connectivity index (χ0n) is 14.3. The standard InChI is InChI=1S/C19H18N4O3S/c20-27(25,26)18-9-7-17(8-10-18)22-19(24)11-6-16-12-21-23(14-16)13-15-4-2-1-3-5-15/h1-12,14H,13H2,(H,22,24)(H2,20,25,26)/b11-6+. The lowest BCUT2D eigenvalue weighted by molar-refractivity contribution is -0.111. The molecule has 1 amide bonds. The van der Waals surface area contributed by atoms with E-state index < -0.39 is 10.0 Å². The quantitative estimate of drug-likeness (QED) is 0.638. The van der Waals surface area contributed by atoms with Crippen molar-refractivity contribution in [2.45, 2.75) is 11.4 Å². The minimum atomic E-state index is -3.75. The van der Waals surface area contributed by atoms with Crippen LogP contribution >= 0.6 is 0 Å². The third-order valence-electron chi connectivity index (χ3n) is 3.72. The van der Waals surface area contributed by atoms with Crippen LogP contribution in [0.2, 0.25) is 0 Å². The first kappa shape index (κ1) is 18.6. The number of carbonyl (C=O) groups is 1. The SMILES string of the molecule is NS(=O)(=O)c1ccc(NC(=O)/C=C/c2cnn(Cc3ccccc3)c2)cc1. The van der Waals surface area contributed by atoms with Crippen LogP contribution in [-0.2, 0) is 21.4 Å². The minimum absolute atomic E-state index is 0.0122. The fourth-order valence-electron chi connectivity index (χ4n) is 2.41. The first-order valence-corrected chi connectivity index (χ1v) is 9.63. The van der Waals surface area contributed by atoms with Crippen molar-refractivity contribution >= 4 is 27.7 Å². The Morgan fingerprint density at radius 3 is 2.48 bits per heavy atom. The van der Waals surface area contributed by atoms with Crippen molar-refractivity contribution in [3.63, 3.8) is 0 Å². The van der Waals surface area contributed by atoms with Gasteiger partial charge in [-0.1, -0.05) is 30.3 Å². The van der Waals surface area contributed by atoms with E-state index in [-0.39, 0.29) is 10.8 Å². The first-order valence-electron chi connectivity index (χ1n) is 8.08. The van der Waals surface area contributed by atoms with E-state index in [9.17, 15) is 13.2 Å². The molecule has 3 rings (SSSR count). The smallest absolute Gasteiger partial charge is 0.248 e. The van der Waals surface area contributed by atoms with Crippen LogP contribution in [0.25, 0.3) is 6.08 Å². The lowest BCUT2D eigenvalue weighted by Crippen LogP contribution is -2.12. The molecular weight excluding hydrogens is 364 g/mol. The number of nitrogens with one attached hydrogen (secondary N) is 1. The Hall–Kier alpha value is -3.23. The highest BCUT2D eigenvalue weighted by molar-refractivity contribution is 7.89. The van der Waals surface area contributed by atoms with E-state index in [1.54, 1.807) is 17.0 Å². The number of hydrogen-bond acceptors (Lipinski definition) is 4. The van der Waals surface area contributed by atoms with Crippen LogP contribution in [0.4, 0.5) is 5.69 Å². The molecule has 0 aliphatic heterocycles. The second-order valence-corrected chi connectivity index (χ2v) is 7.41. The van der Waals surface area contributed by atoms with Gasteiger partial charge in [-0.25, -0.2) is 13.6 Å². The lowest BCUT2D eigenvalue weighted by Gasteiger charge is -2.03. The Kier molecular flexibility index (Phi) is 5.49. The van der Waals surface area contributed by atoms with Gasteiger partial charge in [0.15, 0.2) is 0 Å². The largest absolute Gasteiger partial charge is 0.323 e. The van der Waals surface area contributed by atoms with Crippen LogP contribution in [0, 0.1) is 0 Å². The Bertz CT molecular complexity index is 1060. The van der Waals surface area contributed by atoms with Crippen LogP contribution in [-0.4, -0.2) is 24.1 Å². The molecule has 8 heteroatoms. The number of sulfonamides is 1. The summed E-state index contributed by atoms with van der Waals surface area (Å²) in [5.74, 6) is -0.339. The number of rotatable bonds is 6. The maximum absolute atomic E-state index is 12.0. The molecule has 0 atom stereocenters. The number of hydrogen-bond donors (Lipinski definition) is 2. The molecule has 0 spiro atoms. The van der Waals surface area contributed by atoms with Crippen molar-refractivity contribution in [1.82, 2.24) is 9.78 Å². The summed E-state index contributed by atoms with van der Waals surface area (Å²) in [4.78, 5) is 12.0. The van der Waals surface area contributed by atoms with Gasteiger partial charge in [-0.2, -0.15) is 5.10 Å². The summed E-state index contributed by atoms with van der Waals surface area (Å²) in [5.41, 5.74) is 2.40. The predicted molar refractivity (Wildman–Crippen MR) is 103 cm³/mol. The molecule has 7 nitrogen and oxygen atoms in total. The number of nitrogens with zero attached hydrogens (tertiary/aromatic N) is 2. The molecule has 1 aromatic heterocycles. The summed E-state index contributed by atoms with van der Waals surface area (Å²) in [6, 6.07) is 15.6. The van der Waals surface area contributed by atoms with Crippen molar-refractivity contribution in [3.8, 4) is 0 Å². The van der Waals surface area contributed by atoms with Gasteiger partial charge in [0.05, 0.1) is 17.6 Å². The summed E-state index contributed by atoms with van der Waals surface area (Å²) in [6.07, 6.45) is 6.56. The number of aromatic nitrogens is 2. The molecule has 3 aromatic rings. The second kappa shape index (κ2) is 7.98. The van der Waals surface area contributed by atoms with E-state index >= 15 is 0 Å². The van der Waals surface area contributed by atoms with E-state index in [1.807, 2.05) is 36.5 Å². The van der Waals surface area contributed by atoms with E-state index in [0.29, 0.717) is 12.2 Å². The average molecular weight is 382 g/mol. The number of carbonyl (C=O) groups excluding carboxylic acids is 1. The van der Waals surface area contributed by atoms with Gasteiger partial charge in [0, 0.05) is 23.5 Å². The summed E-state index contributed by atoms with van der Waals surface area (Å²) in [7, 11) is -3.75. The molecule has 0 unspecified atom stereocenters. The molecule has 27 heavy (non-hydrogen) atoms. The zero-order chi connectivity index (χ0) is 19.3. The van der Waals surface area contributed by atoms with E-state index in [0.717, 1.165) is 11.1 Å². The summed E-state index contributed by atoms with van der Waals surface area (Å²) in [5, 5.41) is 12.0. The molecule has 0 aliphatic carbocycles. The highest BCUT2D eigenvalue weighted by Crippen LogP contribution is 2.13. The molecule has 0 aliphatic rings. The highest BCUT2D eigenvalue weighted by Gasteiger charge is 2.07. The van der Waals surface area contributed by atoms with Crippen LogP contribution in [0.3, 0.4) is 0 Å². The van der Waals surface area contributed by atoms with E-state index in [2.05, 4.69) is 10.4 Å². The third-order valence-corrected chi connectivity index (χ3v) is 4.65. The fraction of sp³-hybridized carbons (Fsp3) is 0.0526. The van der Waals surface area contributed by atoms with Crippen LogP contribution in [0.5, 0.6) is 0 Å². The number of anilines is 1. The predicted octanol–water partition coefficient (Wildman–Crippen LogP) is 2.23. The van der Waals surface area contributed by atoms with Gasteiger partial charge in [0.1, 0.15) is 0 Å². The number of nitrogens with two attached hydrogens (primary N) is 1. The van der Waals surface area contributed by atoms with Gasteiger partial charge in [0.2, 0.25) is 15.9 Å². The summed E-state index contributed by atoms with van der Waals surface area (Å²) in [6.45, 7) is 0.650. The lowest BCUT2D eigenvalue weighted by atomic mass is 10.2. The van der Waals surface area contributed by atoms with E-state index in [1.165, 1.54) is 30.3 Å². The van der Waals surface area contributed by atoms with Crippen LogP contribution in [0.1, 0.15) is 11.1 Å². The molecular formula is C19H18N4O3S. The molecule has 2 aromatic carbocycles. The van der Waals surface area contributed by atoms with Crippen molar-refractivity contribution in [3.05, 3.63) is 84.2 Å². The van der Waals surface area contributed by atoms with Gasteiger partial charge in [-0.3, -0.25) is 9.48 Å². The van der Waals surface area contributed by atoms with Gasteiger partial charge in [-0.15, -0.1) is 0 Å². The fourth-order valence-corrected chi connectivity index (χ4v) is 2.92. The van der Waals surface area contributed by atoms with Gasteiger partial charge < -0.3 is 5.32 Å². The third kappa shape index (κ3) is 5.37. The zero-order valence-corrected chi connectivity index (χ0v) is 15.1.